The standard InChI is InChI=1S/C16H20FN3O4S2/c1-20(2)16(12-4-3-5-13(17)10-12)11-19-26(23,24)15-8-6-14(7-9-15)25(18,21)22/h3-10,16,19H,11H2,1-2H3,(H2,18,21,22). The van der Waals surface area contributed by atoms with Crippen LogP contribution >= 0.6 is 0 Å². The van der Waals surface area contributed by atoms with E-state index in [1.165, 1.54) is 12.1 Å². The molecule has 0 aliphatic heterocycles. The van der Waals surface area contributed by atoms with Crippen LogP contribution in [0, 0.1) is 5.82 Å². The van der Waals surface area contributed by atoms with E-state index < -0.39 is 25.9 Å². The van der Waals surface area contributed by atoms with E-state index in [-0.39, 0.29) is 22.4 Å². The van der Waals surface area contributed by atoms with Gasteiger partial charge >= 0.3 is 0 Å². The zero-order chi connectivity index (χ0) is 19.5. The van der Waals surface area contributed by atoms with E-state index in [1.807, 2.05) is 0 Å². The molecule has 2 aromatic rings. The van der Waals surface area contributed by atoms with E-state index in [1.54, 1.807) is 31.1 Å². The van der Waals surface area contributed by atoms with E-state index in [4.69, 9.17) is 5.14 Å². The van der Waals surface area contributed by atoms with Gasteiger partial charge in [0.25, 0.3) is 0 Å². The summed E-state index contributed by atoms with van der Waals surface area (Å²) in [4.78, 5) is 1.49. The van der Waals surface area contributed by atoms with E-state index in [2.05, 4.69) is 4.72 Å². The van der Waals surface area contributed by atoms with E-state index in [0.29, 0.717) is 5.56 Å². The van der Waals surface area contributed by atoms with Gasteiger partial charge in [-0.1, -0.05) is 12.1 Å². The molecule has 0 aliphatic rings. The first-order valence-corrected chi connectivity index (χ1v) is 10.6. The highest BCUT2D eigenvalue weighted by Crippen LogP contribution is 2.20. The molecule has 0 aromatic heterocycles. The lowest BCUT2D eigenvalue weighted by atomic mass is 10.1. The van der Waals surface area contributed by atoms with Gasteiger partial charge in [-0.15, -0.1) is 0 Å². The predicted octanol–water partition coefficient (Wildman–Crippen LogP) is 1.05. The van der Waals surface area contributed by atoms with Crippen LogP contribution in [0.25, 0.3) is 0 Å². The highest BCUT2D eigenvalue weighted by Gasteiger charge is 2.20. The monoisotopic (exact) mass is 401 g/mol. The normalized spacial score (nSPS) is 13.7. The van der Waals surface area contributed by atoms with Gasteiger partial charge in [-0.2, -0.15) is 0 Å². The van der Waals surface area contributed by atoms with Gasteiger partial charge < -0.3 is 4.90 Å². The van der Waals surface area contributed by atoms with Crippen LogP contribution in [-0.4, -0.2) is 42.4 Å². The number of halogens is 1. The Morgan fingerprint density at radius 2 is 1.62 bits per heavy atom. The first-order chi connectivity index (χ1) is 12.0. The maximum absolute atomic E-state index is 13.4. The summed E-state index contributed by atoms with van der Waals surface area (Å²) in [7, 11) is -4.27. The summed E-state index contributed by atoms with van der Waals surface area (Å²) in [5.74, 6) is -0.407. The molecule has 0 amide bonds. The third-order valence-corrected chi connectivity index (χ3v) is 6.15. The molecule has 26 heavy (non-hydrogen) atoms. The summed E-state index contributed by atoms with van der Waals surface area (Å²) in [6.07, 6.45) is 0. The average Bonchev–Trinajstić information content (AvgIpc) is 2.54. The number of nitrogens with two attached hydrogens (primary N) is 1. The topological polar surface area (TPSA) is 110 Å². The quantitative estimate of drug-likeness (QED) is 0.721. The van der Waals surface area contributed by atoms with Crippen LogP contribution in [0.3, 0.4) is 0 Å². The fourth-order valence-electron chi connectivity index (χ4n) is 2.39. The first kappa shape index (κ1) is 20.5. The Bertz CT molecular complexity index is 975. The summed E-state index contributed by atoms with van der Waals surface area (Å²) in [5, 5.41) is 5.00. The van der Waals surface area contributed by atoms with Crippen molar-refractivity contribution in [2.75, 3.05) is 20.6 Å². The Morgan fingerprint density at radius 3 is 2.12 bits per heavy atom. The molecule has 3 N–H and O–H groups in total. The van der Waals surface area contributed by atoms with Crippen molar-refractivity contribution in [3.8, 4) is 0 Å². The second kappa shape index (κ2) is 7.80. The lowest BCUT2D eigenvalue weighted by Gasteiger charge is -2.25. The summed E-state index contributed by atoms with van der Waals surface area (Å²) < 4.78 is 63.3. The van der Waals surface area contributed by atoms with Gasteiger partial charge in [0.05, 0.1) is 9.79 Å². The largest absolute Gasteiger partial charge is 0.301 e. The Hall–Kier alpha value is -1.85. The van der Waals surface area contributed by atoms with Crippen LogP contribution in [0.5, 0.6) is 0 Å². The maximum atomic E-state index is 13.4. The SMILES string of the molecule is CN(C)C(CNS(=O)(=O)c1ccc(S(N)(=O)=O)cc1)c1cccc(F)c1. The molecule has 0 saturated carbocycles. The molecule has 0 radical (unpaired) electrons. The third kappa shape index (κ3) is 5.08. The summed E-state index contributed by atoms with van der Waals surface area (Å²) >= 11 is 0. The van der Waals surface area contributed by atoms with Crippen molar-refractivity contribution in [3.63, 3.8) is 0 Å². The first-order valence-electron chi connectivity index (χ1n) is 7.55. The molecule has 0 spiro atoms. The van der Waals surface area contributed by atoms with Crippen LogP contribution in [0.2, 0.25) is 0 Å². The van der Waals surface area contributed by atoms with Crippen LogP contribution < -0.4 is 9.86 Å². The molecule has 0 aliphatic carbocycles. The molecule has 142 valence electrons. The predicted molar refractivity (Wildman–Crippen MR) is 95.8 cm³/mol. The molecule has 0 fully saturated rings. The van der Waals surface area contributed by atoms with Crippen LogP contribution in [0.4, 0.5) is 4.39 Å². The molecule has 0 saturated heterocycles. The number of hydrogen-bond donors (Lipinski definition) is 2. The molecule has 2 aromatic carbocycles. The second-order valence-corrected chi connectivity index (χ2v) is 9.23. The summed E-state index contributed by atoms with van der Waals surface area (Å²) in [6, 6.07) is 10.1. The number of rotatable bonds is 7. The molecule has 0 heterocycles. The Labute approximate surface area is 152 Å². The van der Waals surface area contributed by atoms with Crippen molar-refractivity contribution in [1.29, 1.82) is 0 Å². The smallest absolute Gasteiger partial charge is 0.240 e. The lowest BCUT2D eigenvalue weighted by Crippen LogP contribution is -2.34. The van der Waals surface area contributed by atoms with Crippen molar-refractivity contribution in [2.24, 2.45) is 5.14 Å². The maximum Gasteiger partial charge on any atom is 0.240 e. The number of nitrogens with zero attached hydrogens (tertiary/aromatic N) is 1. The van der Waals surface area contributed by atoms with Crippen molar-refractivity contribution in [3.05, 3.63) is 59.9 Å². The van der Waals surface area contributed by atoms with Crippen molar-refractivity contribution in [1.82, 2.24) is 9.62 Å². The van der Waals surface area contributed by atoms with Crippen LogP contribution in [0.1, 0.15) is 11.6 Å². The molecule has 1 atom stereocenters. The van der Waals surface area contributed by atoms with Gasteiger partial charge in [0.2, 0.25) is 20.0 Å². The van der Waals surface area contributed by atoms with Crippen molar-refractivity contribution < 1.29 is 21.2 Å². The fraction of sp³-hybridized carbons (Fsp3) is 0.250. The Kier molecular flexibility index (Phi) is 6.14. The van der Waals surface area contributed by atoms with Crippen LogP contribution in [0.15, 0.2) is 58.3 Å². The third-order valence-electron chi connectivity index (χ3n) is 3.79. The van der Waals surface area contributed by atoms with Gasteiger partial charge in [0.15, 0.2) is 0 Å². The van der Waals surface area contributed by atoms with Gasteiger partial charge in [0, 0.05) is 12.6 Å². The number of primary sulfonamides is 1. The van der Waals surface area contributed by atoms with Crippen molar-refractivity contribution in [2.45, 2.75) is 15.8 Å². The zero-order valence-electron chi connectivity index (χ0n) is 14.3. The highest BCUT2D eigenvalue weighted by molar-refractivity contribution is 7.89. The second-order valence-electron chi connectivity index (χ2n) is 5.90. The molecule has 1 unspecified atom stereocenters. The molecule has 2 rings (SSSR count). The van der Waals surface area contributed by atoms with Gasteiger partial charge in [-0.25, -0.2) is 31.1 Å². The number of benzene rings is 2. The number of likely N-dealkylation sites (N-methyl/N-ethyl adjacent to an activating group) is 1. The lowest BCUT2D eigenvalue weighted by molar-refractivity contribution is 0.299. The number of sulfonamides is 2. The summed E-state index contributed by atoms with van der Waals surface area (Å²) in [5.41, 5.74) is 0.627. The molecule has 7 nitrogen and oxygen atoms in total. The highest BCUT2D eigenvalue weighted by atomic mass is 32.2. The van der Waals surface area contributed by atoms with Gasteiger partial charge in [-0.3, -0.25) is 0 Å². The van der Waals surface area contributed by atoms with Gasteiger partial charge in [0.1, 0.15) is 5.82 Å². The number of nitrogens with one attached hydrogen (secondary N) is 1. The van der Waals surface area contributed by atoms with E-state index in [9.17, 15) is 21.2 Å². The van der Waals surface area contributed by atoms with Crippen molar-refractivity contribution >= 4 is 20.0 Å². The minimum Gasteiger partial charge on any atom is -0.301 e. The fourth-order valence-corrected chi connectivity index (χ4v) is 3.95. The Morgan fingerprint density at radius 1 is 1.04 bits per heavy atom. The average molecular weight is 401 g/mol. The number of hydrogen-bond acceptors (Lipinski definition) is 5. The molecular weight excluding hydrogens is 381 g/mol. The summed E-state index contributed by atoms with van der Waals surface area (Å²) in [6.45, 7) is 0.00965. The van der Waals surface area contributed by atoms with Gasteiger partial charge in [-0.05, 0) is 56.1 Å². The molecular formula is C16H20FN3O4S2. The van der Waals surface area contributed by atoms with E-state index >= 15 is 0 Å². The zero-order valence-corrected chi connectivity index (χ0v) is 15.9. The Balaban J connectivity index is 2.20. The van der Waals surface area contributed by atoms with E-state index in [0.717, 1.165) is 24.3 Å². The molecule has 0 bridgehead atoms. The van der Waals surface area contributed by atoms with Crippen LogP contribution in [-0.2, 0) is 20.0 Å². The minimum absolute atomic E-state index is 0.00965. The molecule has 10 heteroatoms. The minimum atomic E-state index is -3.90.